The molecule has 0 aliphatic carbocycles. The van der Waals surface area contributed by atoms with Crippen molar-refractivity contribution in [2.75, 3.05) is 6.54 Å². The number of nitrogens with one attached hydrogen (secondary N) is 1. The molecule has 0 bridgehead atoms. The standard InChI is InChI=1S/C14H17NO3S2/c1-14(16,13-8-5-9-19-13)11-15-20(17,18)10-12-6-3-2-4-7-12/h2-9,15-16H,10-11H2,1H3/t14-/m1/s1. The first-order chi connectivity index (χ1) is 9.39. The van der Waals surface area contributed by atoms with Crippen LogP contribution in [0, 0.1) is 0 Å². The predicted octanol–water partition coefficient (Wildman–Crippen LogP) is 2.08. The fourth-order valence-corrected chi connectivity index (χ4v) is 3.79. The van der Waals surface area contributed by atoms with Gasteiger partial charge in [-0.25, -0.2) is 13.1 Å². The van der Waals surface area contributed by atoms with E-state index in [4.69, 9.17) is 0 Å². The summed E-state index contributed by atoms with van der Waals surface area (Å²) in [5, 5.41) is 12.1. The van der Waals surface area contributed by atoms with Crippen molar-refractivity contribution in [2.45, 2.75) is 18.3 Å². The van der Waals surface area contributed by atoms with E-state index in [0.29, 0.717) is 0 Å². The summed E-state index contributed by atoms with van der Waals surface area (Å²) in [7, 11) is -3.46. The van der Waals surface area contributed by atoms with Gasteiger partial charge in [-0.05, 0) is 23.9 Å². The molecule has 1 aromatic heterocycles. The van der Waals surface area contributed by atoms with Crippen LogP contribution < -0.4 is 4.72 Å². The SMILES string of the molecule is C[C@@](O)(CNS(=O)(=O)Cc1ccccc1)c1cccs1. The van der Waals surface area contributed by atoms with Gasteiger partial charge in [-0.3, -0.25) is 0 Å². The van der Waals surface area contributed by atoms with Crippen molar-refractivity contribution in [1.82, 2.24) is 4.72 Å². The molecule has 1 heterocycles. The second-order valence-corrected chi connectivity index (χ2v) is 7.57. The molecule has 1 atom stereocenters. The molecule has 0 saturated carbocycles. The highest BCUT2D eigenvalue weighted by Crippen LogP contribution is 2.24. The van der Waals surface area contributed by atoms with Crippen LogP contribution >= 0.6 is 11.3 Å². The molecule has 6 heteroatoms. The maximum absolute atomic E-state index is 12.0. The number of hydrogen-bond donors (Lipinski definition) is 2. The first kappa shape index (κ1) is 15.2. The van der Waals surface area contributed by atoms with Gasteiger partial charge in [-0.2, -0.15) is 0 Å². The lowest BCUT2D eigenvalue weighted by atomic mass is 10.1. The van der Waals surface area contributed by atoms with Gasteiger partial charge in [0.1, 0.15) is 5.60 Å². The third kappa shape index (κ3) is 4.14. The summed E-state index contributed by atoms with van der Waals surface area (Å²) in [4.78, 5) is 0.736. The van der Waals surface area contributed by atoms with Gasteiger partial charge >= 0.3 is 0 Å². The van der Waals surface area contributed by atoms with Crippen molar-refractivity contribution < 1.29 is 13.5 Å². The molecule has 2 rings (SSSR count). The largest absolute Gasteiger partial charge is 0.383 e. The van der Waals surface area contributed by atoms with E-state index in [2.05, 4.69) is 4.72 Å². The van der Waals surface area contributed by atoms with E-state index >= 15 is 0 Å². The van der Waals surface area contributed by atoms with Gasteiger partial charge in [0.05, 0.1) is 5.75 Å². The van der Waals surface area contributed by atoms with Gasteiger partial charge < -0.3 is 5.11 Å². The third-order valence-electron chi connectivity index (χ3n) is 2.89. The van der Waals surface area contributed by atoms with E-state index in [9.17, 15) is 13.5 Å². The van der Waals surface area contributed by atoms with E-state index in [-0.39, 0.29) is 12.3 Å². The average Bonchev–Trinajstić information content (AvgIpc) is 2.92. The van der Waals surface area contributed by atoms with Crippen LogP contribution in [0.4, 0.5) is 0 Å². The smallest absolute Gasteiger partial charge is 0.215 e. The van der Waals surface area contributed by atoms with Gasteiger partial charge in [0.15, 0.2) is 0 Å². The van der Waals surface area contributed by atoms with Crippen molar-refractivity contribution in [1.29, 1.82) is 0 Å². The fraction of sp³-hybridized carbons (Fsp3) is 0.286. The molecule has 0 radical (unpaired) electrons. The minimum atomic E-state index is -3.46. The van der Waals surface area contributed by atoms with Crippen molar-refractivity contribution in [3.8, 4) is 0 Å². The summed E-state index contributed by atoms with van der Waals surface area (Å²) in [5.41, 5.74) is -0.478. The number of benzene rings is 1. The normalized spacial score (nSPS) is 14.9. The summed E-state index contributed by atoms with van der Waals surface area (Å²) < 4.78 is 26.5. The molecule has 1 aromatic carbocycles. The Kier molecular flexibility index (Phi) is 4.59. The predicted molar refractivity (Wildman–Crippen MR) is 81.0 cm³/mol. The Morgan fingerprint density at radius 2 is 1.90 bits per heavy atom. The fourth-order valence-electron chi connectivity index (χ4n) is 1.77. The van der Waals surface area contributed by atoms with Crippen molar-refractivity contribution in [2.24, 2.45) is 0 Å². The topological polar surface area (TPSA) is 66.4 Å². The van der Waals surface area contributed by atoms with Gasteiger partial charge in [-0.1, -0.05) is 36.4 Å². The zero-order valence-corrected chi connectivity index (χ0v) is 12.7. The molecule has 2 N–H and O–H groups in total. The van der Waals surface area contributed by atoms with Gasteiger partial charge in [0.25, 0.3) is 0 Å². The second kappa shape index (κ2) is 6.05. The minimum absolute atomic E-state index is 0.0390. The molecule has 4 nitrogen and oxygen atoms in total. The highest BCUT2D eigenvalue weighted by molar-refractivity contribution is 7.88. The molecule has 0 saturated heterocycles. The summed E-state index contributed by atoms with van der Waals surface area (Å²) in [5.74, 6) is -0.0889. The third-order valence-corrected chi connectivity index (χ3v) is 5.31. The molecule has 20 heavy (non-hydrogen) atoms. The van der Waals surface area contributed by atoms with E-state index in [1.165, 1.54) is 11.3 Å². The van der Waals surface area contributed by atoms with E-state index in [1.807, 2.05) is 17.5 Å². The van der Waals surface area contributed by atoms with Crippen LogP contribution in [0.25, 0.3) is 0 Å². The Morgan fingerprint density at radius 1 is 1.20 bits per heavy atom. The number of thiophene rings is 1. The zero-order valence-electron chi connectivity index (χ0n) is 11.1. The molecule has 0 spiro atoms. The summed E-state index contributed by atoms with van der Waals surface area (Å²) >= 11 is 1.40. The first-order valence-electron chi connectivity index (χ1n) is 6.17. The van der Waals surface area contributed by atoms with Crippen LogP contribution in [-0.2, 0) is 21.4 Å². The molecule has 0 unspecified atom stereocenters. The van der Waals surface area contributed by atoms with Crippen molar-refractivity contribution in [3.05, 3.63) is 58.3 Å². The Balaban J connectivity index is 1.99. The molecular weight excluding hydrogens is 294 g/mol. The highest BCUT2D eigenvalue weighted by Gasteiger charge is 2.26. The van der Waals surface area contributed by atoms with Crippen molar-refractivity contribution in [3.63, 3.8) is 0 Å². The van der Waals surface area contributed by atoms with E-state index in [1.54, 1.807) is 37.3 Å². The van der Waals surface area contributed by atoms with E-state index < -0.39 is 15.6 Å². The number of hydrogen-bond acceptors (Lipinski definition) is 4. The van der Waals surface area contributed by atoms with Crippen LogP contribution in [0.15, 0.2) is 47.8 Å². The maximum atomic E-state index is 12.0. The lowest BCUT2D eigenvalue weighted by Gasteiger charge is -2.22. The number of aliphatic hydroxyl groups is 1. The van der Waals surface area contributed by atoms with Gasteiger partial charge in [-0.15, -0.1) is 11.3 Å². The molecule has 0 aliphatic heterocycles. The Morgan fingerprint density at radius 3 is 2.50 bits per heavy atom. The molecule has 0 fully saturated rings. The van der Waals surface area contributed by atoms with Gasteiger partial charge in [0.2, 0.25) is 10.0 Å². The molecule has 2 aromatic rings. The monoisotopic (exact) mass is 311 g/mol. The van der Waals surface area contributed by atoms with Gasteiger partial charge in [0, 0.05) is 11.4 Å². The molecule has 0 aliphatic rings. The highest BCUT2D eigenvalue weighted by atomic mass is 32.2. The lowest BCUT2D eigenvalue weighted by Crippen LogP contribution is -2.38. The van der Waals surface area contributed by atoms with Crippen LogP contribution in [0.5, 0.6) is 0 Å². The zero-order chi connectivity index (χ0) is 14.6. The molecule has 0 amide bonds. The lowest BCUT2D eigenvalue weighted by molar-refractivity contribution is 0.0666. The minimum Gasteiger partial charge on any atom is -0.383 e. The average molecular weight is 311 g/mol. The summed E-state index contributed by atoms with van der Waals surface area (Å²) in [6, 6.07) is 12.6. The quantitative estimate of drug-likeness (QED) is 0.858. The van der Waals surface area contributed by atoms with Crippen LogP contribution in [0.2, 0.25) is 0 Å². The molecule has 108 valence electrons. The number of rotatable bonds is 6. The number of sulfonamides is 1. The molecular formula is C14H17NO3S2. The Hall–Kier alpha value is -1.21. The maximum Gasteiger partial charge on any atom is 0.215 e. The van der Waals surface area contributed by atoms with Crippen LogP contribution in [0.1, 0.15) is 17.4 Å². The summed E-state index contributed by atoms with van der Waals surface area (Å²) in [6.45, 7) is 1.56. The van der Waals surface area contributed by atoms with Crippen LogP contribution in [0.3, 0.4) is 0 Å². The Bertz CT molecular complexity index is 634. The first-order valence-corrected chi connectivity index (χ1v) is 8.70. The Labute approximate surface area is 123 Å². The second-order valence-electron chi connectivity index (χ2n) is 4.82. The van der Waals surface area contributed by atoms with E-state index in [0.717, 1.165) is 10.4 Å². The van der Waals surface area contributed by atoms with Crippen molar-refractivity contribution >= 4 is 21.4 Å². The van der Waals surface area contributed by atoms with Crippen LogP contribution in [-0.4, -0.2) is 20.1 Å². The summed E-state index contributed by atoms with van der Waals surface area (Å²) in [6.07, 6.45) is 0.